The van der Waals surface area contributed by atoms with Crippen LogP contribution in [-0.2, 0) is 0 Å². The number of methoxy groups -OCH3 is 1. The lowest BCUT2D eigenvalue weighted by Gasteiger charge is -2.34. The van der Waals surface area contributed by atoms with Gasteiger partial charge in [0.25, 0.3) is 0 Å². The van der Waals surface area contributed by atoms with Gasteiger partial charge < -0.3 is 15.0 Å². The molecular formula is C21H21ClFN5O. The molecule has 3 aromatic rings. The number of rotatable bonds is 3. The number of piperazine rings is 1. The molecular weight excluding hydrogens is 393 g/mol. The Hall–Kier alpha value is -2.51. The van der Waals surface area contributed by atoms with E-state index in [0.717, 1.165) is 31.5 Å². The molecule has 29 heavy (non-hydrogen) atoms. The Labute approximate surface area is 173 Å². The van der Waals surface area contributed by atoms with Gasteiger partial charge in [0.05, 0.1) is 12.5 Å². The van der Waals surface area contributed by atoms with Crippen molar-refractivity contribution in [3.63, 3.8) is 0 Å². The van der Waals surface area contributed by atoms with Crippen LogP contribution in [0.1, 0.15) is 18.4 Å². The fourth-order valence-electron chi connectivity index (χ4n) is 4.38. The zero-order valence-electron chi connectivity index (χ0n) is 16.2. The number of aromatic nitrogens is 3. The third-order valence-corrected chi connectivity index (χ3v) is 6.27. The molecule has 2 fully saturated rings. The number of benzene rings is 1. The van der Waals surface area contributed by atoms with Crippen molar-refractivity contribution in [1.29, 1.82) is 0 Å². The summed E-state index contributed by atoms with van der Waals surface area (Å²) in [4.78, 5) is 15.5. The van der Waals surface area contributed by atoms with E-state index >= 15 is 4.39 Å². The van der Waals surface area contributed by atoms with Crippen molar-refractivity contribution < 1.29 is 9.13 Å². The topological polar surface area (TPSA) is 63.2 Å². The van der Waals surface area contributed by atoms with Crippen LogP contribution in [0.15, 0.2) is 24.4 Å². The molecule has 1 N–H and O–H groups in total. The molecule has 8 heteroatoms. The van der Waals surface area contributed by atoms with Crippen molar-refractivity contribution >= 4 is 28.3 Å². The van der Waals surface area contributed by atoms with E-state index in [1.165, 1.54) is 7.11 Å². The first-order valence-corrected chi connectivity index (χ1v) is 10.1. The number of hydrogen-bond acceptors (Lipinski definition) is 6. The number of nitrogens with zero attached hydrogens (tertiary/aromatic N) is 4. The fraction of sp³-hybridized carbons (Fsp3) is 0.381. The van der Waals surface area contributed by atoms with Crippen LogP contribution in [0.4, 0.5) is 10.2 Å². The highest BCUT2D eigenvalue weighted by molar-refractivity contribution is 6.31. The smallest absolute Gasteiger partial charge is 0.318 e. The molecule has 6 nitrogen and oxygen atoms in total. The minimum absolute atomic E-state index is 0.150. The van der Waals surface area contributed by atoms with E-state index in [1.807, 2.05) is 13.0 Å². The van der Waals surface area contributed by atoms with E-state index in [1.54, 1.807) is 18.3 Å². The maximum absolute atomic E-state index is 15.6. The number of pyridine rings is 1. The van der Waals surface area contributed by atoms with E-state index in [0.29, 0.717) is 33.9 Å². The molecule has 4 heterocycles. The zero-order valence-corrected chi connectivity index (χ0v) is 17.0. The average molecular weight is 414 g/mol. The van der Waals surface area contributed by atoms with E-state index in [9.17, 15) is 0 Å². The Balaban J connectivity index is 1.68. The van der Waals surface area contributed by atoms with Gasteiger partial charge in [-0.25, -0.2) is 4.39 Å². The summed E-state index contributed by atoms with van der Waals surface area (Å²) >= 11 is 6.23. The van der Waals surface area contributed by atoms with Crippen LogP contribution in [0, 0.1) is 12.7 Å². The lowest BCUT2D eigenvalue weighted by atomic mass is 10.0. The lowest BCUT2D eigenvalue weighted by Crippen LogP contribution is -2.51. The summed E-state index contributed by atoms with van der Waals surface area (Å²) in [6.07, 6.45) is 3.95. The number of anilines is 1. The van der Waals surface area contributed by atoms with Crippen LogP contribution in [0.5, 0.6) is 6.01 Å². The maximum Gasteiger partial charge on any atom is 0.318 e. The molecule has 2 bridgehead atoms. The van der Waals surface area contributed by atoms with Gasteiger partial charge in [-0.05, 0) is 31.4 Å². The Kier molecular flexibility index (Phi) is 4.52. The van der Waals surface area contributed by atoms with Gasteiger partial charge >= 0.3 is 6.01 Å². The van der Waals surface area contributed by atoms with Crippen LogP contribution in [0.3, 0.4) is 0 Å². The molecule has 5 rings (SSSR count). The molecule has 2 aliphatic rings. The van der Waals surface area contributed by atoms with Crippen LogP contribution in [-0.4, -0.2) is 47.2 Å². The molecule has 0 aliphatic carbocycles. The van der Waals surface area contributed by atoms with Crippen molar-refractivity contribution in [3.05, 3.63) is 40.8 Å². The monoisotopic (exact) mass is 413 g/mol. The number of fused-ring (bicyclic) bond motifs is 3. The van der Waals surface area contributed by atoms with E-state index in [-0.39, 0.29) is 17.2 Å². The molecule has 0 radical (unpaired) electrons. The highest BCUT2D eigenvalue weighted by Crippen LogP contribution is 2.35. The molecule has 2 aromatic heterocycles. The van der Waals surface area contributed by atoms with Gasteiger partial charge in [-0.3, -0.25) is 4.98 Å². The zero-order chi connectivity index (χ0) is 20.1. The van der Waals surface area contributed by atoms with Gasteiger partial charge in [-0.15, -0.1) is 0 Å². The molecule has 0 saturated carbocycles. The lowest BCUT2D eigenvalue weighted by molar-refractivity contribution is 0.380. The van der Waals surface area contributed by atoms with Crippen molar-refractivity contribution in [2.45, 2.75) is 31.8 Å². The predicted octanol–water partition coefficient (Wildman–Crippen LogP) is 3.74. The number of hydrogen-bond donors (Lipinski definition) is 1. The average Bonchev–Trinajstić information content (AvgIpc) is 3.07. The molecule has 0 spiro atoms. The molecule has 1 aromatic carbocycles. The third-order valence-electron chi connectivity index (χ3n) is 5.87. The van der Waals surface area contributed by atoms with E-state index in [2.05, 4.69) is 25.2 Å². The number of halogens is 2. The van der Waals surface area contributed by atoms with Gasteiger partial charge in [0.2, 0.25) is 0 Å². The van der Waals surface area contributed by atoms with Crippen molar-refractivity contribution in [1.82, 2.24) is 20.3 Å². The molecule has 150 valence electrons. The number of ether oxygens (including phenoxy) is 1. The van der Waals surface area contributed by atoms with Gasteiger partial charge in [0.1, 0.15) is 17.0 Å². The SMILES string of the molecule is COc1nc(N2CC3CCC(C2)N3)c2cnc(-c3cccc(Cl)c3C)c(F)c2n1. The summed E-state index contributed by atoms with van der Waals surface area (Å²) in [6, 6.07) is 6.38. The quantitative estimate of drug-likeness (QED) is 0.705. The molecule has 2 unspecified atom stereocenters. The maximum atomic E-state index is 15.6. The second-order valence-electron chi connectivity index (χ2n) is 7.67. The number of nitrogens with one attached hydrogen (secondary N) is 1. The summed E-state index contributed by atoms with van der Waals surface area (Å²) in [5, 5.41) is 4.76. The highest BCUT2D eigenvalue weighted by atomic mass is 35.5. The van der Waals surface area contributed by atoms with Gasteiger partial charge in [0.15, 0.2) is 5.82 Å². The second-order valence-corrected chi connectivity index (χ2v) is 8.08. The summed E-state index contributed by atoms with van der Waals surface area (Å²) in [6.45, 7) is 3.50. The Morgan fingerprint density at radius 1 is 1.21 bits per heavy atom. The highest BCUT2D eigenvalue weighted by Gasteiger charge is 2.34. The van der Waals surface area contributed by atoms with Crippen LogP contribution >= 0.6 is 11.6 Å². The fourth-order valence-corrected chi connectivity index (χ4v) is 4.55. The van der Waals surface area contributed by atoms with Crippen LogP contribution in [0.2, 0.25) is 5.02 Å². The van der Waals surface area contributed by atoms with Crippen LogP contribution in [0.25, 0.3) is 22.2 Å². The second kappa shape index (κ2) is 7.07. The molecule has 2 atom stereocenters. The largest absolute Gasteiger partial charge is 0.467 e. The van der Waals surface area contributed by atoms with Gasteiger partial charge in [0, 0.05) is 42.0 Å². The standard InChI is InChI=1S/C21H21ClFN5O/c1-11-14(4-3-5-16(11)22)18-17(23)19-15(8-24-18)20(27-21(26-19)29-2)28-9-12-6-7-13(10-28)25-12/h3-5,8,12-13,25H,6-7,9-10H2,1-2H3. The summed E-state index contributed by atoms with van der Waals surface area (Å²) in [5.74, 6) is 0.180. The van der Waals surface area contributed by atoms with Gasteiger partial charge in [-0.1, -0.05) is 23.7 Å². The third kappa shape index (κ3) is 3.09. The molecule has 2 saturated heterocycles. The van der Waals surface area contributed by atoms with Crippen molar-refractivity contribution in [3.8, 4) is 17.3 Å². The summed E-state index contributed by atoms with van der Waals surface area (Å²) < 4.78 is 20.9. The van der Waals surface area contributed by atoms with Gasteiger partial charge in [-0.2, -0.15) is 9.97 Å². The first-order chi connectivity index (χ1) is 14.0. The minimum atomic E-state index is -0.493. The van der Waals surface area contributed by atoms with Crippen LogP contribution < -0.4 is 15.0 Å². The van der Waals surface area contributed by atoms with E-state index in [4.69, 9.17) is 16.3 Å². The molecule has 0 amide bonds. The Morgan fingerprint density at radius 3 is 2.69 bits per heavy atom. The Bertz CT molecular complexity index is 1100. The Morgan fingerprint density at radius 2 is 1.97 bits per heavy atom. The normalized spacial score (nSPS) is 21.0. The van der Waals surface area contributed by atoms with E-state index < -0.39 is 5.82 Å². The van der Waals surface area contributed by atoms with Crippen molar-refractivity contribution in [2.75, 3.05) is 25.1 Å². The first kappa shape index (κ1) is 18.5. The first-order valence-electron chi connectivity index (χ1n) is 9.72. The summed E-state index contributed by atoms with van der Waals surface area (Å²) in [7, 11) is 1.49. The molecule has 2 aliphatic heterocycles. The summed E-state index contributed by atoms with van der Waals surface area (Å²) in [5.41, 5.74) is 1.86. The van der Waals surface area contributed by atoms with Crippen molar-refractivity contribution in [2.24, 2.45) is 0 Å². The minimum Gasteiger partial charge on any atom is -0.467 e. The predicted molar refractivity (Wildman–Crippen MR) is 111 cm³/mol.